The van der Waals surface area contributed by atoms with Crippen LogP contribution in [-0.4, -0.2) is 30.0 Å². The normalized spacial score (nSPS) is 19.3. The molecule has 146 valence electrons. The van der Waals surface area contributed by atoms with Crippen molar-refractivity contribution < 1.29 is 18.8 Å². The zero-order valence-corrected chi connectivity index (χ0v) is 17.5. The zero-order chi connectivity index (χ0) is 20.6. The van der Waals surface area contributed by atoms with E-state index in [1.54, 1.807) is 26.8 Å². The summed E-state index contributed by atoms with van der Waals surface area (Å²) in [4.78, 5) is 12.0. The first-order chi connectivity index (χ1) is 12.3. The summed E-state index contributed by atoms with van der Waals surface area (Å²) in [6.07, 6.45) is -0.520. The van der Waals surface area contributed by atoms with Crippen LogP contribution < -0.4 is 10.8 Å². The fraction of sp³-hybridized carbons (Fsp3) is 0.600. The molecule has 0 aromatic heterocycles. The minimum Gasteiger partial charge on any atom is -0.444 e. The number of ether oxygens (including phenoxy) is 1. The molecule has 0 spiro atoms. The van der Waals surface area contributed by atoms with Gasteiger partial charge < -0.3 is 19.4 Å². The minimum absolute atomic E-state index is 0.373. The topological polar surface area (TPSA) is 80.6 Å². The van der Waals surface area contributed by atoms with Gasteiger partial charge in [-0.05, 0) is 72.5 Å². The van der Waals surface area contributed by atoms with E-state index in [0.717, 1.165) is 5.46 Å². The summed E-state index contributed by atoms with van der Waals surface area (Å²) in [6, 6.07) is 7.27. The molecule has 0 unspecified atom stereocenters. The van der Waals surface area contributed by atoms with Crippen molar-refractivity contribution in [3.05, 3.63) is 29.3 Å². The second-order valence-corrected chi connectivity index (χ2v) is 8.91. The van der Waals surface area contributed by atoms with Crippen molar-refractivity contribution in [1.82, 2.24) is 5.32 Å². The van der Waals surface area contributed by atoms with Gasteiger partial charge in [0.1, 0.15) is 5.60 Å². The highest BCUT2D eigenvalue weighted by molar-refractivity contribution is 6.62. The first-order valence-electron chi connectivity index (χ1n) is 9.15. The van der Waals surface area contributed by atoms with Crippen molar-refractivity contribution in [2.75, 3.05) is 0 Å². The first-order valence-corrected chi connectivity index (χ1v) is 9.15. The smallest absolute Gasteiger partial charge is 0.444 e. The van der Waals surface area contributed by atoms with Gasteiger partial charge in [0.2, 0.25) is 0 Å². The van der Waals surface area contributed by atoms with E-state index in [0.29, 0.717) is 11.1 Å². The minimum atomic E-state index is -0.581. The molecule has 1 saturated heterocycles. The summed E-state index contributed by atoms with van der Waals surface area (Å²) in [7, 11) is -0.537. The fourth-order valence-electron chi connectivity index (χ4n) is 2.74. The third kappa shape index (κ3) is 4.82. The largest absolute Gasteiger partial charge is 0.494 e. The lowest BCUT2D eigenvalue weighted by Gasteiger charge is -2.32. The molecular formula is C20H29BN2O4. The van der Waals surface area contributed by atoms with Crippen molar-refractivity contribution in [2.45, 2.75) is 78.2 Å². The number of hydrogen-bond acceptors (Lipinski definition) is 5. The molecule has 1 heterocycles. The Morgan fingerprint density at radius 3 is 2.26 bits per heavy atom. The molecule has 7 heteroatoms. The molecule has 1 fully saturated rings. The van der Waals surface area contributed by atoms with E-state index < -0.39 is 30.0 Å². The maximum atomic E-state index is 12.0. The number of hydrogen-bond donors (Lipinski definition) is 1. The molecule has 1 aliphatic heterocycles. The second kappa shape index (κ2) is 7.18. The predicted molar refractivity (Wildman–Crippen MR) is 105 cm³/mol. The third-order valence-electron chi connectivity index (χ3n) is 4.92. The Morgan fingerprint density at radius 2 is 1.78 bits per heavy atom. The van der Waals surface area contributed by atoms with Gasteiger partial charge in [0, 0.05) is 0 Å². The standard InChI is InChI=1S/C20H29BN2O4/c1-13(23-17(24)25-18(2,3)4)16-10-9-15(11-14(16)12-22)21-26-19(5,6)20(7,8)27-21/h9-11,13H,1-8H3,(H,23,24)/t13-/m0/s1. The van der Waals surface area contributed by atoms with E-state index in [9.17, 15) is 10.1 Å². The lowest BCUT2D eigenvalue weighted by molar-refractivity contribution is 0.00578. The van der Waals surface area contributed by atoms with E-state index in [4.69, 9.17) is 14.0 Å². The molecule has 0 radical (unpaired) electrons. The Labute approximate surface area is 162 Å². The van der Waals surface area contributed by atoms with Crippen LogP contribution in [0, 0.1) is 11.3 Å². The van der Waals surface area contributed by atoms with Crippen LogP contribution in [0.1, 0.15) is 72.6 Å². The van der Waals surface area contributed by atoms with Crippen LogP contribution in [0.3, 0.4) is 0 Å². The number of nitrogens with zero attached hydrogens (tertiary/aromatic N) is 1. The number of nitriles is 1. The summed E-state index contributed by atoms with van der Waals surface area (Å²) in [5, 5.41) is 12.4. The van der Waals surface area contributed by atoms with Gasteiger partial charge in [-0.2, -0.15) is 5.26 Å². The molecule has 1 atom stereocenters. The monoisotopic (exact) mass is 372 g/mol. The molecule has 1 aromatic rings. The number of amides is 1. The van der Waals surface area contributed by atoms with E-state index in [2.05, 4.69) is 11.4 Å². The summed E-state index contributed by atoms with van der Waals surface area (Å²) >= 11 is 0. The maximum Gasteiger partial charge on any atom is 0.494 e. The lowest BCUT2D eigenvalue weighted by Crippen LogP contribution is -2.41. The van der Waals surface area contributed by atoms with Gasteiger partial charge in [-0.3, -0.25) is 0 Å². The molecule has 6 nitrogen and oxygen atoms in total. The maximum absolute atomic E-state index is 12.0. The molecule has 1 amide bonds. The summed E-state index contributed by atoms with van der Waals surface area (Å²) in [6.45, 7) is 15.2. The molecular weight excluding hydrogens is 343 g/mol. The summed E-state index contributed by atoms with van der Waals surface area (Å²) in [5.74, 6) is 0. The molecule has 1 N–H and O–H groups in total. The first kappa shape index (κ1) is 21.3. The van der Waals surface area contributed by atoms with Crippen molar-refractivity contribution in [1.29, 1.82) is 5.26 Å². The van der Waals surface area contributed by atoms with E-state index in [-0.39, 0.29) is 6.04 Å². The van der Waals surface area contributed by atoms with Crippen LogP contribution in [0.5, 0.6) is 0 Å². The van der Waals surface area contributed by atoms with Crippen LogP contribution in [0.2, 0.25) is 0 Å². The van der Waals surface area contributed by atoms with Crippen molar-refractivity contribution >= 4 is 18.7 Å². The zero-order valence-electron chi connectivity index (χ0n) is 17.5. The Bertz CT molecular complexity index is 746. The third-order valence-corrected chi connectivity index (χ3v) is 4.92. The van der Waals surface area contributed by atoms with Gasteiger partial charge in [-0.15, -0.1) is 0 Å². The highest BCUT2D eigenvalue weighted by Gasteiger charge is 2.51. The van der Waals surface area contributed by atoms with E-state index in [1.807, 2.05) is 46.8 Å². The van der Waals surface area contributed by atoms with Crippen LogP contribution in [0.25, 0.3) is 0 Å². The van der Waals surface area contributed by atoms with Gasteiger partial charge in [0.05, 0.1) is 28.9 Å². The van der Waals surface area contributed by atoms with Gasteiger partial charge in [0.15, 0.2) is 0 Å². The highest BCUT2D eigenvalue weighted by atomic mass is 16.7. The second-order valence-electron chi connectivity index (χ2n) is 8.91. The van der Waals surface area contributed by atoms with E-state index >= 15 is 0 Å². The Hall–Kier alpha value is -2.04. The average molecular weight is 372 g/mol. The number of carbonyl (C=O) groups is 1. The van der Waals surface area contributed by atoms with Gasteiger partial charge >= 0.3 is 13.2 Å². The highest BCUT2D eigenvalue weighted by Crippen LogP contribution is 2.36. The molecule has 2 rings (SSSR count). The van der Waals surface area contributed by atoms with Crippen LogP contribution >= 0.6 is 0 Å². The number of rotatable bonds is 3. The molecule has 27 heavy (non-hydrogen) atoms. The summed E-state index contributed by atoms with van der Waals surface area (Å²) < 4.78 is 17.4. The van der Waals surface area contributed by atoms with Crippen molar-refractivity contribution in [3.8, 4) is 6.07 Å². The van der Waals surface area contributed by atoms with Crippen molar-refractivity contribution in [2.24, 2.45) is 0 Å². The summed E-state index contributed by atoms with van der Waals surface area (Å²) in [5.41, 5.74) is 0.471. The number of nitrogens with one attached hydrogen (secondary N) is 1. The lowest BCUT2D eigenvalue weighted by atomic mass is 9.77. The molecule has 0 bridgehead atoms. The molecule has 0 saturated carbocycles. The van der Waals surface area contributed by atoms with Crippen LogP contribution in [0.4, 0.5) is 4.79 Å². The SMILES string of the molecule is C[C@H](NC(=O)OC(C)(C)C)c1ccc(B2OC(C)(C)C(C)(C)O2)cc1C#N. The molecule has 1 aliphatic rings. The van der Waals surface area contributed by atoms with E-state index in [1.165, 1.54) is 0 Å². The molecule has 0 aliphatic carbocycles. The van der Waals surface area contributed by atoms with Gasteiger partial charge in [0.25, 0.3) is 0 Å². The molecule has 1 aromatic carbocycles. The number of carbonyl (C=O) groups excluding carboxylic acids is 1. The predicted octanol–water partition coefficient (Wildman–Crippen LogP) is 3.44. The quantitative estimate of drug-likeness (QED) is 0.822. The van der Waals surface area contributed by atoms with Gasteiger partial charge in [-0.25, -0.2) is 4.79 Å². The van der Waals surface area contributed by atoms with Crippen molar-refractivity contribution in [3.63, 3.8) is 0 Å². The van der Waals surface area contributed by atoms with Crippen LogP contribution in [-0.2, 0) is 14.0 Å². The average Bonchev–Trinajstić information content (AvgIpc) is 2.72. The Morgan fingerprint density at radius 1 is 1.22 bits per heavy atom. The fourth-order valence-corrected chi connectivity index (χ4v) is 2.74. The Kier molecular flexibility index (Phi) is 5.65. The van der Waals surface area contributed by atoms with Gasteiger partial charge in [-0.1, -0.05) is 12.1 Å². The number of benzene rings is 1. The Balaban J connectivity index is 2.20. The number of alkyl carbamates (subject to hydrolysis) is 1. The van der Waals surface area contributed by atoms with Crippen LogP contribution in [0.15, 0.2) is 18.2 Å².